The SMILES string of the molecule is CCNC(=NCC1(CCOC)CCC1)NCCNC(C)(C)C. The Balaban J connectivity index is 2.40. The van der Waals surface area contributed by atoms with Gasteiger partial charge in [0.05, 0.1) is 0 Å². The molecule has 0 amide bonds. The third-order valence-electron chi connectivity index (χ3n) is 4.24. The zero-order valence-corrected chi connectivity index (χ0v) is 15.2. The molecule has 3 N–H and O–H groups in total. The average molecular weight is 313 g/mol. The molecule has 1 rings (SSSR count). The molecule has 1 aliphatic carbocycles. The quantitative estimate of drug-likeness (QED) is 0.347. The maximum absolute atomic E-state index is 5.25. The zero-order chi connectivity index (χ0) is 16.5. The molecule has 0 aromatic carbocycles. The molecule has 0 bridgehead atoms. The number of nitrogens with one attached hydrogen (secondary N) is 3. The normalized spacial score (nSPS) is 18.0. The van der Waals surface area contributed by atoms with Gasteiger partial charge in [0, 0.05) is 45.4 Å². The second-order valence-corrected chi connectivity index (χ2v) is 7.40. The molecule has 0 saturated heterocycles. The maximum atomic E-state index is 5.25. The van der Waals surface area contributed by atoms with Crippen LogP contribution in [0.25, 0.3) is 0 Å². The summed E-state index contributed by atoms with van der Waals surface area (Å²) in [5.74, 6) is 0.932. The van der Waals surface area contributed by atoms with Crippen LogP contribution in [-0.2, 0) is 4.74 Å². The first-order valence-corrected chi connectivity index (χ1v) is 8.67. The summed E-state index contributed by atoms with van der Waals surface area (Å²) in [7, 11) is 1.78. The van der Waals surface area contributed by atoms with Crippen LogP contribution in [0.5, 0.6) is 0 Å². The summed E-state index contributed by atoms with van der Waals surface area (Å²) in [6.07, 6.45) is 5.02. The van der Waals surface area contributed by atoms with Crippen LogP contribution in [0.3, 0.4) is 0 Å². The fourth-order valence-electron chi connectivity index (χ4n) is 2.69. The molecular weight excluding hydrogens is 276 g/mol. The Morgan fingerprint density at radius 1 is 1.18 bits per heavy atom. The highest BCUT2D eigenvalue weighted by Crippen LogP contribution is 2.44. The van der Waals surface area contributed by atoms with Crippen molar-refractivity contribution in [3.63, 3.8) is 0 Å². The van der Waals surface area contributed by atoms with Crippen molar-refractivity contribution < 1.29 is 4.74 Å². The second kappa shape index (κ2) is 9.36. The number of methoxy groups -OCH3 is 1. The third-order valence-corrected chi connectivity index (χ3v) is 4.24. The van der Waals surface area contributed by atoms with Gasteiger partial charge in [0.25, 0.3) is 0 Å². The molecule has 1 saturated carbocycles. The first-order chi connectivity index (χ1) is 10.4. The lowest BCUT2D eigenvalue weighted by Crippen LogP contribution is -2.45. The van der Waals surface area contributed by atoms with Crippen LogP contribution in [0.4, 0.5) is 0 Å². The van der Waals surface area contributed by atoms with Crippen molar-refractivity contribution in [1.82, 2.24) is 16.0 Å². The molecule has 5 nitrogen and oxygen atoms in total. The Kier molecular flexibility index (Phi) is 8.18. The molecule has 0 radical (unpaired) electrons. The molecule has 22 heavy (non-hydrogen) atoms. The Morgan fingerprint density at radius 3 is 2.41 bits per heavy atom. The molecule has 5 heteroatoms. The number of hydrogen-bond acceptors (Lipinski definition) is 3. The standard InChI is InChI=1S/C17H36N4O/c1-6-18-15(19-11-12-21-16(2,3)4)20-14-17(8-7-9-17)10-13-22-5/h21H,6-14H2,1-5H3,(H2,18,19,20). The van der Waals surface area contributed by atoms with Gasteiger partial charge >= 0.3 is 0 Å². The monoisotopic (exact) mass is 312 g/mol. The third kappa shape index (κ3) is 7.45. The van der Waals surface area contributed by atoms with Crippen molar-refractivity contribution in [3.8, 4) is 0 Å². The van der Waals surface area contributed by atoms with Crippen molar-refractivity contribution in [2.24, 2.45) is 10.4 Å². The van der Waals surface area contributed by atoms with Crippen molar-refractivity contribution in [2.75, 3.05) is 39.9 Å². The van der Waals surface area contributed by atoms with Crippen LogP contribution in [0.1, 0.15) is 53.4 Å². The summed E-state index contributed by atoms with van der Waals surface area (Å²) < 4.78 is 5.25. The Bertz CT molecular complexity index is 332. The highest BCUT2D eigenvalue weighted by Gasteiger charge is 2.36. The van der Waals surface area contributed by atoms with E-state index in [1.165, 1.54) is 19.3 Å². The molecule has 0 heterocycles. The summed E-state index contributed by atoms with van der Waals surface area (Å²) in [4.78, 5) is 4.81. The molecule has 1 aliphatic rings. The minimum absolute atomic E-state index is 0.160. The van der Waals surface area contributed by atoms with E-state index in [0.29, 0.717) is 5.41 Å². The Labute approximate surface area is 136 Å². The smallest absolute Gasteiger partial charge is 0.191 e. The van der Waals surface area contributed by atoms with Crippen molar-refractivity contribution in [1.29, 1.82) is 0 Å². The van der Waals surface area contributed by atoms with E-state index in [-0.39, 0.29) is 5.54 Å². The van der Waals surface area contributed by atoms with E-state index in [1.54, 1.807) is 7.11 Å². The molecule has 0 aliphatic heterocycles. The fourth-order valence-corrected chi connectivity index (χ4v) is 2.69. The predicted octanol–water partition coefficient (Wildman–Crippen LogP) is 2.14. The van der Waals surface area contributed by atoms with Crippen LogP contribution < -0.4 is 16.0 Å². The van der Waals surface area contributed by atoms with Crippen molar-refractivity contribution >= 4 is 5.96 Å². The van der Waals surface area contributed by atoms with E-state index in [4.69, 9.17) is 9.73 Å². The van der Waals surface area contributed by atoms with E-state index < -0.39 is 0 Å². The van der Waals surface area contributed by atoms with E-state index >= 15 is 0 Å². The molecule has 130 valence electrons. The van der Waals surface area contributed by atoms with E-state index in [9.17, 15) is 0 Å². The highest BCUT2D eigenvalue weighted by atomic mass is 16.5. The van der Waals surface area contributed by atoms with E-state index in [2.05, 4.69) is 43.6 Å². The molecule has 0 aromatic heterocycles. The van der Waals surface area contributed by atoms with Gasteiger partial charge in [-0.05, 0) is 52.4 Å². The van der Waals surface area contributed by atoms with Gasteiger partial charge in [0.1, 0.15) is 0 Å². The lowest BCUT2D eigenvalue weighted by Gasteiger charge is -2.40. The minimum atomic E-state index is 0.160. The topological polar surface area (TPSA) is 57.7 Å². The number of hydrogen-bond donors (Lipinski definition) is 3. The zero-order valence-electron chi connectivity index (χ0n) is 15.2. The molecule has 0 spiro atoms. The van der Waals surface area contributed by atoms with Crippen LogP contribution in [-0.4, -0.2) is 51.4 Å². The molecule has 1 fully saturated rings. The van der Waals surface area contributed by atoms with Crippen LogP contribution in [0.2, 0.25) is 0 Å². The molecule has 0 unspecified atom stereocenters. The highest BCUT2D eigenvalue weighted by molar-refractivity contribution is 5.79. The lowest BCUT2D eigenvalue weighted by atomic mass is 9.67. The summed E-state index contributed by atoms with van der Waals surface area (Å²) in [6.45, 7) is 13.1. The van der Waals surface area contributed by atoms with Crippen LogP contribution >= 0.6 is 0 Å². The Hall–Kier alpha value is -0.810. The number of nitrogens with zero attached hydrogens (tertiary/aromatic N) is 1. The Morgan fingerprint density at radius 2 is 1.91 bits per heavy atom. The van der Waals surface area contributed by atoms with Gasteiger partial charge in [-0.3, -0.25) is 4.99 Å². The van der Waals surface area contributed by atoms with Crippen molar-refractivity contribution in [2.45, 2.75) is 58.9 Å². The maximum Gasteiger partial charge on any atom is 0.191 e. The fraction of sp³-hybridized carbons (Fsp3) is 0.941. The van der Waals surface area contributed by atoms with Gasteiger partial charge in [0.2, 0.25) is 0 Å². The summed E-state index contributed by atoms with van der Waals surface area (Å²) in [6, 6.07) is 0. The largest absolute Gasteiger partial charge is 0.385 e. The summed E-state index contributed by atoms with van der Waals surface area (Å²) in [5.41, 5.74) is 0.537. The number of ether oxygens (including phenoxy) is 1. The predicted molar refractivity (Wildman–Crippen MR) is 94.5 cm³/mol. The molecular formula is C17H36N4O. The summed E-state index contributed by atoms with van der Waals surface area (Å²) >= 11 is 0. The number of aliphatic imine (C=N–C) groups is 1. The van der Waals surface area contributed by atoms with Crippen LogP contribution in [0.15, 0.2) is 4.99 Å². The lowest BCUT2D eigenvalue weighted by molar-refractivity contribution is 0.0778. The van der Waals surface area contributed by atoms with E-state index in [0.717, 1.165) is 45.2 Å². The molecule has 0 aromatic rings. The van der Waals surface area contributed by atoms with E-state index in [1.807, 2.05) is 0 Å². The molecule has 0 atom stereocenters. The average Bonchev–Trinajstić information content (AvgIpc) is 2.40. The van der Waals surface area contributed by atoms with Crippen LogP contribution in [0, 0.1) is 5.41 Å². The van der Waals surface area contributed by atoms with Gasteiger partial charge in [-0.15, -0.1) is 0 Å². The van der Waals surface area contributed by atoms with Gasteiger partial charge in [-0.2, -0.15) is 0 Å². The second-order valence-electron chi connectivity index (χ2n) is 7.40. The van der Waals surface area contributed by atoms with Gasteiger partial charge in [-0.1, -0.05) is 6.42 Å². The first kappa shape index (κ1) is 19.2. The van der Waals surface area contributed by atoms with Gasteiger partial charge in [-0.25, -0.2) is 0 Å². The number of guanidine groups is 1. The van der Waals surface area contributed by atoms with Gasteiger partial charge in [0.15, 0.2) is 5.96 Å². The van der Waals surface area contributed by atoms with Gasteiger partial charge < -0.3 is 20.7 Å². The summed E-state index contributed by atoms with van der Waals surface area (Å²) in [5, 5.41) is 10.2. The van der Waals surface area contributed by atoms with Crippen molar-refractivity contribution in [3.05, 3.63) is 0 Å². The first-order valence-electron chi connectivity index (χ1n) is 8.67. The minimum Gasteiger partial charge on any atom is -0.385 e. The number of rotatable bonds is 9.